The molecular weight excluding hydrogens is 301 g/mol. The van der Waals surface area contributed by atoms with Crippen LogP contribution in [0.15, 0.2) is 36.4 Å². The fraction of sp³-hybridized carbons (Fsp3) is 0.0833. The number of phenolic OH excluding ortho intramolecular Hbond substituents is 1. The van der Waals surface area contributed by atoms with Gasteiger partial charge in [0, 0.05) is 11.3 Å². The number of hydrogen-bond donors (Lipinski definition) is 1. The molecule has 0 aliphatic heterocycles. The molecule has 1 aromatic heterocycles. The van der Waals surface area contributed by atoms with Gasteiger partial charge in [-0.15, -0.1) is 0 Å². The van der Waals surface area contributed by atoms with E-state index in [0.29, 0.717) is 0 Å². The van der Waals surface area contributed by atoms with Gasteiger partial charge in [-0.05, 0) is 59.3 Å². The van der Waals surface area contributed by atoms with Gasteiger partial charge in [0.1, 0.15) is 9.45 Å². The summed E-state index contributed by atoms with van der Waals surface area (Å²) in [7, 11) is 0. The van der Waals surface area contributed by atoms with Crippen LogP contribution < -0.4 is 0 Å². The van der Waals surface area contributed by atoms with Crippen LogP contribution in [-0.4, -0.2) is 10.1 Å². The molecule has 0 aliphatic rings. The topological polar surface area (TPSA) is 33.1 Å². The van der Waals surface area contributed by atoms with Crippen molar-refractivity contribution in [3.8, 4) is 16.9 Å². The molecule has 0 saturated heterocycles. The highest BCUT2D eigenvalue weighted by atomic mass is 127. The van der Waals surface area contributed by atoms with Crippen molar-refractivity contribution in [3.63, 3.8) is 0 Å². The van der Waals surface area contributed by atoms with Crippen molar-refractivity contribution in [2.45, 2.75) is 6.92 Å². The number of halogens is 1. The van der Waals surface area contributed by atoms with Crippen LogP contribution in [0.5, 0.6) is 5.75 Å². The lowest BCUT2D eigenvalue weighted by Gasteiger charge is -2.04. The summed E-state index contributed by atoms with van der Waals surface area (Å²) in [4.78, 5) is 4.40. The molecule has 0 radical (unpaired) electrons. The first kappa shape index (κ1) is 10.4. The highest BCUT2D eigenvalue weighted by Crippen LogP contribution is 2.25. The number of aromatic nitrogens is 1. The quantitative estimate of drug-likeness (QED) is 0.647. The molecule has 2 rings (SSSR count). The Balaban J connectivity index is 2.49. The number of aryl methyl sites for hydroxylation is 1. The summed E-state index contributed by atoms with van der Waals surface area (Å²) in [6, 6.07) is 11.2. The molecule has 0 unspecified atom stereocenters. The van der Waals surface area contributed by atoms with Crippen LogP contribution in [0, 0.1) is 10.6 Å². The first-order chi connectivity index (χ1) is 7.16. The van der Waals surface area contributed by atoms with Crippen LogP contribution in [-0.2, 0) is 0 Å². The molecule has 2 nitrogen and oxygen atoms in total. The Morgan fingerprint density at radius 3 is 2.33 bits per heavy atom. The van der Waals surface area contributed by atoms with Gasteiger partial charge in [-0.3, -0.25) is 0 Å². The molecule has 1 aromatic carbocycles. The second-order valence-electron chi connectivity index (χ2n) is 3.34. The van der Waals surface area contributed by atoms with Crippen molar-refractivity contribution in [3.05, 3.63) is 45.8 Å². The lowest BCUT2D eigenvalue weighted by atomic mass is 10.1. The molecular formula is C12H10INO. The molecule has 0 fully saturated rings. The van der Waals surface area contributed by atoms with E-state index in [2.05, 4.69) is 33.6 Å². The number of benzene rings is 1. The van der Waals surface area contributed by atoms with E-state index >= 15 is 0 Å². The van der Waals surface area contributed by atoms with Gasteiger partial charge in [0.2, 0.25) is 0 Å². The average molecular weight is 311 g/mol. The van der Waals surface area contributed by atoms with Gasteiger partial charge < -0.3 is 5.11 Å². The van der Waals surface area contributed by atoms with E-state index < -0.39 is 0 Å². The fourth-order valence-electron chi connectivity index (χ4n) is 1.38. The summed E-state index contributed by atoms with van der Waals surface area (Å²) in [6.45, 7) is 1.97. The predicted molar refractivity (Wildman–Crippen MR) is 68.8 cm³/mol. The van der Waals surface area contributed by atoms with Gasteiger partial charge in [-0.2, -0.15) is 0 Å². The molecule has 3 heteroatoms. The SMILES string of the molecule is Cc1ccc(-c2ccc(O)cc2)c(I)n1. The van der Waals surface area contributed by atoms with Crippen molar-refractivity contribution < 1.29 is 5.11 Å². The third-order valence-electron chi connectivity index (χ3n) is 2.17. The Bertz CT molecular complexity index is 479. The van der Waals surface area contributed by atoms with Crippen LogP contribution in [0.3, 0.4) is 0 Å². The lowest BCUT2D eigenvalue weighted by Crippen LogP contribution is -1.89. The number of nitrogens with zero attached hydrogens (tertiary/aromatic N) is 1. The highest BCUT2D eigenvalue weighted by molar-refractivity contribution is 14.1. The van der Waals surface area contributed by atoms with E-state index in [4.69, 9.17) is 0 Å². The number of rotatable bonds is 1. The number of aromatic hydroxyl groups is 1. The Morgan fingerprint density at radius 2 is 1.73 bits per heavy atom. The van der Waals surface area contributed by atoms with Crippen molar-refractivity contribution in [1.29, 1.82) is 0 Å². The zero-order valence-corrected chi connectivity index (χ0v) is 10.4. The van der Waals surface area contributed by atoms with Crippen LogP contribution in [0.1, 0.15) is 5.69 Å². The minimum atomic E-state index is 0.286. The molecule has 1 heterocycles. The van der Waals surface area contributed by atoms with Crippen LogP contribution in [0.2, 0.25) is 0 Å². The summed E-state index contributed by atoms with van der Waals surface area (Å²) in [5.41, 5.74) is 3.19. The van der Waals surface area contributed by atoms with E-state index in [1.54, 1.807) is 12.1 Å². The Morgan fingerprint density at radius 1 is 1.07 bits per heavy atom. The van der Waals surface area contributed by atoms with E-state index in [9.17, 15) is 5.11 Å². The second-order valence-corrected chi connectivity index (χ2v) is 4.36. The summed E-state index contributed by atoms with van der Waals surface area (Å²) < 4.78 is 0.985. The predicted octanol–water partition coefficient (Wildman–Crippen LogP) is 3.37. The van der Waals surface area contributed by atoms with Gasteiger partial charge in [0.05, 0.1) is 0 Å². The molecule has 1 N–H and O–H groups in total. The smallest absolute Gasteiger partial charge is 0.115 e. The Labute approximate surface area is 102 Å². The maximum absolute atomic E-state index is 9.20. The van der Waals surface area contributed by atoms with Gasteiger partial charge in [-0.25, -0.2) is 4.98 Å². The minimum absolute atomic E-state index is 0.286. The standard InChI is InChI=1S/C12H10INO/c1-8-2-7-11(12(13)14-8)9-3-5-10(15)6-4-9/h2-7,15H,1H3. The zero-order valence-electron chi connectivity index (χ0n) is 8.24. The first-order valence-electron chi connectivity index (χ1n) is 4.59. The van der Waals surface area contributed by atoms with Crippen molar-refractivity contribution >= 4 is 22.6 Å². The molecule has 0 bridgehead atoms. The fourth-order valence-corrected chi connectivity index (χ4v) is 2.25. The summed E-state index contributed by atoms with van der Waals surface area (Å²) in [6.07, 6.45) is 0. The largest absolute Gasteiger partial charge is 0.508 e. The normalized spacial score (nSPS) is 10.3. The zero-order chi connectivity index (χ0) is 10.8. The summed E-state index contributed by atoms with van der Waals surface area (Å²) >= 11 is 2.22. The monoisotopic (exact) mass is 311 g/mol. The van der Waals surface area contributed by atoms with E-state index in [-0.39, 0.29) is 5.75 Å². The average Bonchev–Trinajstić information content (AvgIpc) is 2.20. The third-order valence-corrected chi connectivity index (χ3v) is 2.99. The molecule has 15 heavy (non-hydrogen) atoms. The molecule has 0 spiro atoms. The Hall–Kier alpha value is -1.10. The molecule has 2 aromatic rings. The molecule has 0 aliphatic carbocycles. The van der Waals surface area contributed by atoms with Gasteiger partial charge in [-0.1, -0.05) is 12.1 Å². The summed E-state index contributed by atoms with van der Waals surface area (Å²) in [5, 5.41) is 9.20. The van der Waals surface area contributed by atoms with E-state index in [1.165, 1.54) is 0 Å². The van der Waals surface area contributed by atoms with Crippen molar-refractivity contribution in [2.24, 2.45) is 0 Å². The van der Waals surface area contributed by atoms with Crippen LogP contribution in [0.4, 0.5) is 0 Å². The third kappa shape index (κ3) is 2.28. The number of hydrogen-bond acceptors (Lipinski definition) is 2. The lowest BCUT2D eigenvalue weighted by molar-refractivity contribution is 0.475. The molecule has 0 saturated carbocycles. The van der Waals surface area contributed by atoms with E-state index in [1.807, 2.05) is 25.1 Å². The second kappa shape index (κ2) is 4.18. The number of pyridine rings is 1. The number of phenols is 1. The molecule has 0 amide bonds. The van der Waals surface area contributed by atoms with E-state index in [0.717, 1.165) is 20.5 Å². The molecule has 0 atom stereocenters. The van der Waals surface area contributed by atoms with Crippen molar-refractivity contribution in [2.75, 3.05) is 0 Å². The van der Waals surface area contributed by atoms with Crippen molar-refractivity contribution in [1.82, 2.24) is 4.98 Å². The minimum Gasteiger partial charge on any atom is -0.508 e. The maximum atomic E-state index is 9.20. The van der Waals surface area contributed by atoms with Crippen LogP contribution >= 0.6 is 22.6 Å². The van der Waals surface area contributed by atoms with Crippen LogP contribution in [0.25, 0.3) is 11.1 Å². The van der Waals surface area contributed by atoms with Gasteiger partial charge in [0.15, 0.2) is 0 Å². The van der Waals surface area contributed by atoms with Gasteiger partial charge >= 0.3 is 0 Å². The Kier molecular flexibility index (Phi) is 2.90. The first-order valence-corrected chi connectivity index (χ1v) is 5.67. The van der Waals surface area contributed by atoms with Gasteiger partial charge in [0.25, 0.3) is 0 Å². The maximum Gasteiger partial charge on any atom is 0.115 e. The highest BCUT2D eigenvalue weighted by Gasteiger charge is 2.03. The summed E-state index contributed by atoms with van der Waals surface area (Å²) in [5.74, 6) is 0.286. The molecule has 76 valence electrons.